The summed E-state index contributed by atoms with van der Waals surface area (Å²) in [6.07, 6.45) is 1.81. The number of nitrogens with zero attached hydrogens (tertiary/aromatic N) is 1. The Morgan fingerprint density at radius 2 is 1.15 bits per heavy atom. The van der Waals surface area contributed by atoms with Crippen molar-refractivity contribution in [3.8, 4) is 11.3 Å². The van der Waals surface area contributed by atoms with Crippen LogP contribution >= 0.6 is 0 Å². The first-order valence-corrected chi connectivity index (χ1v) is 10.9. The molecule has 154 valence electrons. The molecule has 0 N–H and O–H groups in total. The van der Waals surface area contributed by atoms with E-state index >= 15 is 0 Å². The fourth-order valence-electron chi connectivity index (χ4n) is 5.17. The Kier molecular flexibility index (Phi) is 3.11. The standard InChI is InChI=1S/C29H15NO3/c1-4-11-21-16(7-1)25-18(19-9-5-6-14-30-19)15-24-28(29(25)33-21)27-23(32-24)13-12-22-26(27)17-8-2-3-10-20(17)31-22/h1-15H. The van der Waals surface area contributed by atoms with Crippen molar-refractivity contribution in [1.82, 2.24) is 4.98 Å². The summed E-state index contributed by atoms with van der Waals surface area (Å²) in [6, 6.07) is 28.3. The van der Waals surface area contributed by atoms with Crippen molar-refractivity contribution in [1.29, 1.82) is 0 Å². The lowest BCUT2D eigenvalue weighted by molar-refractivity contribution is 0.660. The summed E-state index contributed by atoms with van der Waals surface area (Å²) in [6.45, 7) is 0. The van der Waals surface area contributed by atoms with Crippen LogP contribution in [-0.2, 0) is 0 Å². The average molecular weight is 425 g/mol. The van der Waals surface area contributed by atoms with Gasteiger partial charge in [-0.3, -0.25) is 4.98 Å². The molecule has 33 heavy (non-hydrogen) atoms. The molecule has 4 nitrogen and oxygen atoms in total. The van der Waals surface area contributed by atoms with Crippen LogP contribution in [0.2, 0.25) is 0 Å². The molecule has 4 aromatic carbocycles. The van der Waals surface area contributed by atoms with Gasteiger partial charge in [-0.15, -0.1) is 0 Å². The number of fused-ring (bicyclic) bond motifs is 11. The first-order valence-electron chi connectivity index (χ1n) is 10.9. The predicted molar refractivity (Wildman–Crippen MR) is 132 cm³/mol. The zero-order valence-electron chi connectivity index (χ0n) is 17.3. The SMILES string of the molecule is c1ccc(-c2cc3oc4ccc5oc6ccccc6c5c4c3c3oc4ccccc4c23)nc1. The van der Waals surface area contributed by atoms with E-state index < -0.39 is 0 Å². The second-order valence-corrected chi connectivity index (χ2v) is 8.33. The molecule has 4 heterocycles. The molecule has 0 bridgehead atoms. The minimum absolute atomic E-state index is 0.773. The lowest BCUT2D eigenvalue weighted by atomic mass is 9.98. The van der Waals surface area contributed by atoms with Crippen LogP contribution in [-0.4, -0.2) is 4.98 Å². The monoisotopic (exact) mass is 425 g/mol. The van der Waals surface area contributed by atoms with E-state index in [0.717, 1.165) is 77.1 Å². The first kappa shape index (κ1) is 17.0. The van der Waals surface area contributed by atoms with Crippen molar-refractivity contribution < 1.29 is 13.3 Å². The fraction of sp³-hybridized carbons (Fsp3) is 0. The Balaban J connectivity index is 1.68. The third kappa shape index (κ3) is 2.17. The number of hydrogen-bond acceptors (Lipinski definition) is 4. The topological polar surface area (TPSA) is 52.3 Å². The van der Waals surface area contributed by atoms with Gasteiger partial charge < -0.3 is 13.3 Å². The highest BCUT2D eigenvalue weighted by Crippen LogP contribution is 2.47. The van der Waals surface area contributed by atoms with E-state index in [1.807, 2.05) is 72.9 Å². The molecule has 0 saturated heterocycles. The average Bonchev–Trinajstić information content (AvgIpc) is 3.54. The molecule has 8 aromatic rings. The maximum Gasteiger partial charge on any atom is 0.147 e. The van der Waals surface area contributed by atoms with Crippen LogP contribution in [0.4, 0.5) is 0 Å². The number of furan rings is 3. The van der Waals surface area contributed by atoms with Crippen LogP contribution in [0.3, 0.4) is 0 Å². The van der Waals surface area contributed by atoms with Crippen molar-refractivity contribution in [2.75, 3.05) is 0 Å². The van der Waals surface area contributed by atoms with E-state index in [0.29, 0.717) is 0 Å². The molecule has 0 amide bonds. The van der Waals surface area contributed by atoms with E-state index in [1.54, 1.807) is 0 Å². The molecule has 0 fully saturated rings. The second kappa shape index (κ2) is 6.02. The van der Waals surface area contributed by atoms with Gasteiger partial charge in [-0.25, -0.2) is 0 Å². The predicted octanol–water partition coefficient (Wildman–Crippen LogP) is 8.45. The largest absolute Gasteiger partial charge is 0.456 e. The van der Waals surface area contributed by atoms with Crippen LogP contribution in [0.25, 0.3) is 77.1 Å². The molecule has 4 heteroatoms. The number of rotatable bonds is 1. The summed E-state index contributed by atoms with van der Waals surface area (Å²) in [5.74, 6) is 0. The molecular weight excluding hydrogens is 410 g/mol. The van der Waals surface area contributed by atoms with Crippen LogP contribution in [0.5, 0.6) is 0 Å². The van der Waals surface area contributed by atoms with Gasteiger partial charge in [0.25, 0.3) is 0 Å². The highest BCUT2D eigenvalue weighted by Gasteiger charge is 2.23. The Hall–Kier alpha value is -4.57. The molecule has 0 aliphatic rings. The van der Waals surface area contributed by atoms with Gasteiger partial charge in [0.1, 0.15) is 33.5 Å². The Morgan fingerprint density at radius 3 is 1.94 bits per heavy atom. The summed E-state index contributed by atoms with van der Waals surface area (Å²) in [4.78, 5) is 4.63. The van der Waals surface area contributed by atoms with Crippen molar-refractivity contribution in [3.05, 3.63) is 91.1 Å². The highest BCUT2D eigenvalue weighted by molar-refractivity contribution is 6.33. The number of benzene rings is 4. The summed E-state index contributed by atoms with van der Waals surface area (Å²) in [5, 5.41) is 6.21. The Bertz CT molecular complexity index is 2020. The summed E-state index contributed by atoms with van der Waals surface area (Å²) >= 11 is 0. The molecule has 4 aromatic heterocycles. The minimum Gasteiger partial charge on any atom is -0.456 e. The number of hydrogen-bond donors (Lipinski definition) is 0. The van der Waals surface area contributed by atoms with Crippen molar-refractivity contribution in [2.24, 2.45) is 0 Å². The van der Waals surface area contributed by atoms with Gasteiger partial charge in [-0.1, -0.05) is 42.5 Å². The first-order chi connectivity index (χ1) is 16.4. The number of para-hydroxylation sites is 2. The maximum absolute atomic E-state index is 6.51. The zero-order valence-corrected chi connectivity index (χ0v) is 17.3. The molecule has 0 spiro atoms. The van der Waals surface area contributed by atoms with Crippen LogP contribution < -0.4 is 0 Å². The minimum atomic E-state index is 0.773. The van der Waals surface area contributed by atoms with Gasteiger partial charge in [0, 0.05) is 38.7 Å². The van der Waals surface area contributed by atoms with Gasteiger partial charge >= 0.3 is 0 Å². The van der Waals surface area contributed by atoms with E-state index in [-0.39, 0.29) is 0 Å². The van der Waals surface area contributed by atoms with Crippen LogP contribution in [0.15, 0.2) is 104 Å². The van der Waals surface area contributed by atoms with Gasteiger partial charge in [0.05, 0.1) is 11.1 Å². The lowest BCUT2D eigenvalue weighted by Gasteiger charge is -2.04. The van der Waals surface area contributed by atoms with Gasteiger partial charge in [0.15, 0.2) is 0 Å². The third-order valence-corrected chi connectivity index (χ3v) is 6.53. The number of aromatic nitrogens is 1. The molecule has 8 rings (SSSR count). The van der Waals surface area contributed by atoms with Gasteiger partial charge in [-0.05, 0) is 42.5 Å². The highest BCUT2D eigenvalue weighted by atomic mass is 16.3. The third-order valence-electron chi connectivity index (χ3n) is 6.53. The molecule has 0 aliphatic heterocycles. The second-order valence-electron chi connectivity index (χ2n) is 8.33. The molecule has 0 atom stereocenters. The maximum atomic E-state index is 6.51. The van der Waals surface area contributed by atoms with Gasteiger partial charge in [-0.2, -0.15) is 0 Å². The molecule has 0 aliphatic carbocycles. The fourth-order valence-corrected chi connectivity index (χ4v) is 5.17. The molecule has 0 unspecified atom stereocenters. The van der Waals surface area contributed by atoms with E-state index in [2.05, 4.69) is 23.2 Å². The normalized spacial score (nSPS) is 12.2. The van der Waals surface area contributed by atoms with E-state index in [1.165, 1.54) is 0 Å². The number of pyridine rings is 1. The van der Waals surface area contributed by atoms with Crippen LogP contribution in [0, 0.1) is 0 Å². The van der Waals surface area contributed by atoms with Crippen molar-refractivity contribution >= 4 is 65.8 Å². The molecule has 0 saturated carbocycles. The summed E-state index contributed by atoms with van der Waals surface area (Å²) in [7, 11) is 0. The van der Waals surface area contributed by atoms with E-state index in [4.69, 9.17) is 13.3 Å². The van der Waals surface area contributed by atoms with E-state index in [9.17, 15) is 0 Å². The quantitative estimate of drug-likeness (QED) is 0.265. The smallest absolute Gasteiger partial charge is 0.147 e. The summed E-state index contributed by atoms with van der Waals surface area (Å²) in [5.41, 5.74) is 6.82. The van der Waals surface area contributed by atoms with Crippen molar-refractivity contribution in [3.63, 3.8) is 0 Å². The summed E-state index contributed by atoms with van der Waals surface area (Å²) < 4.78 is 19.1. The van der Waals surface area contributed by atoms with Crippen molar-refractivity contribution in [2.45, 2.75) is 0 Å². The van der Waals surface area contributed by atoms with Crippen LogP contribution in [0.1, 0.15) is 0 Å². The van der Waals surface area contributed by atoms with Gasteiger partial charge in [0.2, 0.25) is 0 Å². The molecule has 0 radical (unpaired) electrons. The lowest BCUT2D eigenvalue weighted by Crippen LogP contribution is -1.84. The Labute approximate surface area is 186 Å². The zero-order chi connectivity index (χ0) is 21.5. The molecular formula is C29H15NO3. The Morgan fingerprint density at radius 1 is 0.485 bits per heavy atom.